The summed E-state index contributed by atoms with van der Waals surface area (Å²) in [6.45, 7) is 7.12. The second-order valence-electron chi connectivity index (χ2n) is 6.83. The number of imidazole rings is 1. The van der Waals surface area contributed by atoms with Gasteiger partial charge in [0.15, 0.2) is 0 Å². The summed E-state index contributed by atoms with van der Waals surface area (Å²) < 4.78 is 5.15. The first-order valence-corrected chi connectivity index (χ1v) is 8.91. The van der Waals surface area contributed by atoms with Crippen LogP contribution in [0.5, 0.6) is 0 Å². The number of carbonyl (C=O) groups excluding carboxylic acids is 2. The number of aryl methyl sites for hydroxylation is 2. The predicted molar refractivity (Wildman–Crippen MR) is 94.3 cm³/mol. The summed E-state index contributed by atoms with van der Waals surface area (Å²) in [5.41, 5.74) is 2.76. The summed E-state index contributed by atoms with van der Waals surface area (Å²) >= 11 is 0. The highest BCUT2D eigenvalue weighted by atomic mass is 16.5. The van der Waals surface area contributed by atoms with Gasteiger partial charge >= 0.3 is 0 Å². The average molecular weight is 359 g/mol. The lowest BCUT2D eigenvalue weighted by Gasteiger charge is -2.16. The van der Waals surface area contributed by atoms with Crippen LogP contribution in [-0.2, 0) is 22.6 Å². The molecule has 26 heavy (non-hydrogen) atoms. The molecule has 1 aliphatic heterocycles. The first-order valence-electron chi connectivity index (χ1n) is 8.91. The number of aromatic amines is 1. The molecule has 0 spiro atoms. The maximum absolute atomic E-state index is 12.5. The number of aromatic nitrogens is 3. The molecule has 8 heteroatoms. The van der Waals surface area contributed by atoms with Crippen molar-refractivity contribution in [3.8, 4) is 0 Å². The van der Waals surface area contributed by atoms with E-state index >= 15 is 0 Å². The van der Waals surface area contributed by atoms with Crippen molar-refractivity contribution in [1.29, 1.82) is 0 Å². The summed E-state index contributed by atoms with van der Waals surface area (Å²) in [5, 5.41) is 6.68. The third-order valence-corrected chi connectivity index (χ3v) is 4.87. The Bertz CT molecular complexity index is 775. The lowest BCUT2D eigenvalue weighted by atomic mass is 10.1. The lowest BCUT2D eigenvalue weighted by Crippen LogP contribution is -2.28. The van der Waals surface area contributed by atoms with Crippen molar-refractivity contribution in [2.24, 2.45) is 0 Å². The van der Waals surface area contributed by atoms with Crippen LogP contribution in [0.4, 0.5) is 0 Å². The molecule has 0 radical (unpaired) electrons. The van der Waals surface area contributed by atoms with E-state index < -0.39 is 0 Å². The number of H-pyrrole nitrogens is 1. The van der Waals surface area contributed by atoms with Crippen molar-refractivity contribution in [2.45, 2.75) is 52.5 Å². The van der Waals surface area contributed by atoms with Gasteiger partial charge in [-0.05, 0) is 26.7 Å². The highest BCUT2D eigenvalue weighted by Gasteiger charge is 2.29. The van der Waals surface area contributed by atoms with E-state index in [2.05, 4.69) is 20.4 Å². The van der Waals surface area contributed by atoms with E-state index in [1.54, 1.807) is 6.20 Å². The van der Waals surface area contributed by atoms with Crippen LogP contribution in [0, 0.1) is 13.8 Å². The van der Waals surface area contributed by atoms with Crippen molar-refractivity contribution in [1.82, 2.24) is 25.3 Å². The van der Waals surface area contributed by atoms with E-state index in [1.165, 1.54) is 6.92 Å². The zero-order valence-electron chi connectivity index (χ0n) is 15.5. The molecular weight excluding hydrogens is 334 g/mol. The minimum atomic E-state index is -0.0721. The molecule has 0 unspecified atom stereocenters. The Balaban J connectivity index is 1.51. The van der Waals surface area contributed by atoms with Gasteiger partial charge in [0.2, 0.25) is 11.8 Å². The summed E-state index contributed by atoms with van der Waals surface area (Å²) in [6, 6.07) is 0. The normalized spacial score (nSPS) is 16.9. The number of nitrogens with zero attached hydrogens (tertiary/aromatic N) is 3. The molecule has 3 rings (SSSR count). The molecule has 0 aliphatic carbocycles. The molecular formula is C18H25N5O3. The Labute approximate surface area is 152 Å². The number of carbonyl (C=O) groups is 2. The minimum Gasteiger partial charge on any atom is -0.361 e. The van der Waals surface area contributed by atoms with Crippen molar-refractivity contribution in [3.05, 3.63) is 34.7 Å². The SMILES string of the molecule is CC(=O)NCc1cnc([C@@H]2CCN(C(=O)CCc3c(C)noc3C)C2)[nH]1. The van der Waals surface area contributed by atoms with Gasteiger partial charge in [0.25, 0.3) is 0 Å². The fourth-order valence-electron chi connectivity index (χ4n) is 3.35. The zero-order valence-corrected chi connectivity index (χ0v) is 15.5. The molecule has 1 fully saturated rings. The Hall–Kier alpha value is -2.64. The molecule has 2 aromatic heterocycles. The highest BCUT2D eigenvalue weighted by Crippen LogP contribution is 2.26. The van der Waals surface area contributed by atoms with E-state index in [1.807, 2.05) is 18.7 Å². The topological polar surface area (TPSA) is 104 Å². The summed E-state index contributed by atoms with van der Waals surface area (Å²) in [4.78, 5) is 33.1. The van der Waals surface area contributed by atoms with Gasteiger partial charge < -0.3 is 19.7 Å². The van der Waals surface area contributed by atoms with Gasteiger partial charge in [-0.2, -0.15) is 0 Å². The molecule has 1 atom stereocenters. The number of likely N-dealkylation sites (tertiary alicyclic amines) is 1. The Morgan fingerprint density at radius 3 is 2.92 bits per heavy atom. The third kappa shape index (κ3) is 4.12. The number of amides is 2. The molecule has 2 amide bonds. The van der Waals surface area contributed by atoms with E-state index in [9.17, 15) is 9.59 Å². The van der Waals surface area contributed by atoms with Crippen LogP contribution in [0.25, 0.3) is 0 Å². The molecule has 8 nitrogen and oxygen atoms in total. The minimum absolute atomic E-state index is 0.0721. The molecule has 1 aliphatic rings. The van der Waals surface area contributed by atoms with Crippen molar-refractivity contribution >= 4 is 11.8 Å². The first kappa shape index (κ1) is 18.2. The number of nitrogens with one attached hydrogen (secondary N) is 2. The molecule has 0 bridgehead atoms. The predicted octanol–water partition coefficient (Wildman–Crippen LogP) is 1.60. The van der Waals surface area contributed by atoms with Gasteiger partial charge in [-0.3, -0.25) is 9.59 Å². The maximum atomic E-state index is 12.5. The Morgan fingerprint density at radius 1 is 1.42 bits per heavy atom. The summed E-state index contributed by atoms with van der Waals surface area (Å²) in [7, 11) is 0. The van der Waals surface area contributed by atoms with Gasteiger partial charge in [-0.15, -0.1) is 0 Å². The first-order chi connectivity index (χ1) is 12.4. The Kier molecular flexibility index (Phi) is 5.39. The van der Waals surface area contributed by atoms with Crippen LogP contribution < -0.4 is 5.32 Å². The average Bonchev–Trinajstić information content (AvgIpc) is 3.32. The second-order valence-corrected chi connectivity index (χ2v) is 6.83. The van der Waals surface area contributed by atoms with Crippen LogP contribution in [0.1, 0.15) is 54.2 Å². The van der Waals surface area contributed by atoms with Crippen LogP contribution >= 0.6 is 0 Å². The van der Waals surface area contributed by atoms with Gasteiger partial charge in [-0.25, -0.2) is 4.98 Å². The van der Waals surface area contributed by atoms with Gasteiger partial charge in [0.1, 0.15) is 11.6 Å². The quantitative estimate of drug-likeness (QED) is 0.815. The van der Waals surface area contributed by atoms with E-state index in [4.69, 9.17) is 4.52 Å². The molecule has 2 aromatic rings. The van der Waals surface area contributed by atoms with Gasteiger partial charge in [-0.1, -0.05) is 5.16 Å². The molecule has 2 N–H and O–H groups in total. The summed E-state index contributed by atoms with van der Waals surface area (Å²) in [6.07, 6.45) is 3.75. The molecule has 1 saturated heterocycles. The third-order valence-electron chi connectivity index (χ3n) is 4.87. The number of rotatable bonds is 6. The number of hydrogen-bond donors (Lipinski definition) is 2. The lowest BCUT2D eigenvalue weighted by molar-refractivity contribution is -0.130. The van der Waals surface area contributed by atoms with Crippen LogP contribution in [-0.4, -0.2) is 44.9 Å². The molecule has 3 heterocycles. The standard InChI is InChI=1S/C18H25N5O3/c1-11-16(12(2)26-22-11)4-5-17(25)23-7-6-14(10-23)18-20-9-15(21-18)8-19-13(3)24/h9,14H,4-8,10H2,1-3H3,(H,19,24)(H,20,21)/t14-/m1/s1. The smallest absolute Gasteiger partial charge is 0.222 e. The zero-order chi connectivity index (χ0) is 18.7. The maximum Gasteiger partial charge on any atom is 0.222 e. The van der Waals surface area contributed by atoms with Crippen LogP contribution in [0.2, 0.25) is 0 Å². The van der Waals surface area contributed by atoms with E-state index in [0.29, 0.717) is 25.9 Å². The molecule has 140 valence electrons. The fraction of sp³-hybridized carbons (Fsp3) is 0.556. The summed E-state index contributed by atoms with van der Waals surface area (Å²) in [5.74, 6) is 1.96. The van der Waals surface area contributed by atoms with Crippen LogP contribution in [0.15, 0.2) is 10.7 Å². The van der Waals surface area contributed by atoms with Gasteiger partial charge in [0.05, 0.1) is 24.1 Å². The molecule has 0 aromatic carbocycles. The Morgan fingerprint density at radius 2 is 2.23 bits per heavy atom. The van der Waals surface area contributed by atoms with Crippen LogP contribution in [0.3, 0.4) is 0 Å². The largest absolute Gasteiger partial charge is 0.361 e. The van der Waals surface area contributed by atoms with E-state index in [-0.39, 0.29) is 17.7 Å². The van der Waals surface area contributed by atoms with Crippen molar-refractivity contribution in [2.75, 3.05) is 13.1 Å². The highest BCUT2D eigenvalue weighted by molar-refractivity contribution is 5.77. The fourth-order valence-corrected chi connectivity index (χ4v) is 3.35. The molecule has 0 saturated carbocycles. The van der Waals surface area contributed by atoms with Crippen molar-refractivity contribution < 1.29 is 14.1 Å². The number of hydrogen-bond acceptors (Lipinski definition) is 5. The van der Waals surface area contributed by atoms with E-state index in [0.717, 1.165) is 41.5 Å². The van der Waals surface area contributed by atoms with Gasteiger partial charge in [0, 0.05) is 37.9 Å². The second kappa shape index (κ2) is 7.72. The monoisotopic (exact) mass is 359 g/mol. The van der Waals surface area contributed by atoms with Crippen molar-refractivity contribution in [3.63, 3.8) is 0 Å².